The van der Waals surface area contributed by atoms with Crippen LogP contribution in [0.5, 0.6) is 0 Å². The van der Waals surface area contributed by atoms with E-state index in [1.807, 2.05) is 0 Å². The van der Waals surface area contributed by atoms with Gasteiger partial charge in [0.2, 0.25) is 0 Å². The van der Waals surface area contributed by atoms with Crippen molar-refractivity contribution in [3.63, 3.8) is 0 Å². The average molecular weight is 174 g/mol. The van der Waals surface area contributed by atoms with Crippen LogP contribution in [0, 0.1) is 0 Å². The molecule has 1 aliphatic heterocycles. The molecule has 0 aromatic heterocycles. The second-order valence-electron chi connectivity index (χ2n) is 2.36. The number of hydrogen-bond donors (Lipinski definition) is 0. The zero-order valence-corrected chi connectivity index (χ0v) is 6.74. The summed E-state index contributed by atoms with van der Waals surface area (Å²) in [4.78, 5) is 21.6. The molecule has 0 unspecified atom stereocenters. The van der Waals surface area contributed by atoms with E-state index >= 15 is 0 Å². The van der Waals surface area contributed by atoms with Crippen molar-refractivity contribution in [3.8, 4) is 0 Å². The molecule has 0 N–H and O–H groups in total. The molecular formula is C7H10O5. The lowest BCUT2D eigenvalue weighted by Crippen LogP contribution is -2.28. The summed E-state index contributed by atoms with van der Waals surface area (Å²) >= 11 is 0. The number of rotatable bonds is 1. The molecule has 0 bridgehead atoms. The van der Waals surface area contributed by atoms with Crippen LogP contribution in [0.25, 0.3) is 0 Å². The van der Waals surface area contributed by atoms with E-state index in [9.17, 15) is 9.59 Å². The van der Waals surface area contributed by atoms with Crippen molar-refractivity contribution in [3.05, 3.63) is 0 Å². The van der Waals surface area contributed by atoms with Gasteiger partial charge in [-0.1, -0.05) is 0 Å². The predicted octanol–water partition coefficient (Wildman–Crippen LogP) is 0.187. The summed E-state index contributed by atoms with van der Waals surface area (Å²) in [5, 5.41) is 0. The summed E-state index contributed by atoms with van der Waals surface area (Å²) in [5.74, 6) is -0.816. The molecular weight excluding hydrogens is 164 g/mol. The Morgan fingerprint density at radius 3 is 2.17 bits per heavy atom. The van der Waals surface area contributed by atoms with Gasteiger partial charge in [0.1, 0.15) is 0 Å². The highest BCUT2D eigenvalue weighted by molar-refractivity contribution is 5.74. The Labute approximate surface area is 69.6 Å². The molecule has 0 aromatic rings. The molecule has 5 heteroatoms. The standard InChI is InChI=1S/C7H10O5/c1-10-7-11-5(8)3-2-4-6(9)12-7/h7H,2-4H2,1H3. The van der Waals surface area contributed by atoms with Gasteiger partial charge in [-0.05, 0) is 6.42 Å². The fourth-order valence-corrected chi connectivity index (χ4v) is 0.830. The molecule has 68 valence electrons. The maximum Gasteiger partial charge on any atom is 0.364 e. The van der Waals surface area contributed by atoms with Crippen molar-refractivity contribution in [2.24, 2.45) is 0 Å². The fraction of sp³-hybridized carbons (Fsp3) is 0.714. The number of esters is 2. The molecule has 0 amide bonds. The van der Waals surface area contributed by atoms with Crippen LogP contribution in [-0.4, -0.2) is 25.5 Å². The molecule has 0 radical (unpaired) electrons. The minimum Gasteiger partial charge on any atom is -0.400 e. The Bertz CT molecular complexity index is 170. The number of methoxy groups -OCH3 is 1. The van der Waals surface area contributed by atoms with Crippen LogP contribution < -0.4 is 0 Å². The first-order valence-corrected chi connectivity index (χ1v) is 3.64. The van der Waals surface area contributed by atoms with Gasteiger partial charge in [-0.2, -0.15) is 0 Å². The molecule has 0 aliphatic carbocycles. The van der Waals surface area contributed by atoms with E-state index in [-0.39, 0.29) is 12.8 Å². The maximum atomic E-state index is 10.8. The summed E-state index contributed by atoms with van der Waals surface area (Å²) in [7, 11) is 1.30. The molecule has 5 nitrogen and oxygen atoms in total. The van der Waals surface area contributed by atoms with Crippen LogP contribution in [-0.2, 0) is 23.8 Å². The maximum absolute atomic E-state index is 10.8. The van der Waals surface area contributed by atoms with E-state index in [0.717, 1.165) is 0 Å². The Morgan fingerprint density at radius 2 is 1.75 bits per heavy atom. The number of cyclic esters (lactones) is 2. The SMILES string of the molecule is COC1OC(=O)CCCC(=O)O1. The molecule has 1 saturated heterocycles. The monoisotopic (exact) mass is 174 g/mol. The molecule has 12 heavy (non-hydrogen) atoms. The zero-order valence-electron chi connectivity index (χ0n) is 6.74. The average Bonchev–Trinajstić information content (AvgIpc) is 2.00. The van der Waals surface area contributed by atoms with Gasteiger partial charge in [0, 0.05) is 20.0 Å². The molecule has 0 aromatic carbocycles. The minimum absolute atomic E-state index is 0.231. The smallest absolute Gasteiger partial charge is 0.364 e. The van der Waals surface area contributed by atoms with Crippen LogP contribution in [0.2, 0.25) is 0 Å². The fourth-order valence-electron chi connectivity index (χ4n) is 0.830. The second-order valence-corrected chi connectivity index (χ2v) is 2.36. The van der Waals surface area contributed by atoms with Gasteiger partial charge >= 0.3 is 18.4 Å². The van der Waals surface area contributed by atoms with Crippen LogP contribution in [0.3, 0.4) is 0 Å². The molecule has 1 rings (SSSR count). The number of carbonyl (C=O) groups is 2. The summed E-state index contributed by atoms with van der Waals surface area (Å²) in [6, 6.07) is 0. The third-order valence-corrected chi connectivity index (χ3v) is 1.41. The molecule has 1 heterocycles. The van der Waals surface area contributed by atoms with E-state index < -0.39 is 18.4 Å². The quantitative estimate of drug-likeness (QED) is 0.531. The number of ether oxygens (including phenoxy) is 3. The van der Waals surface area contributed by atoms with Gasteiger partial charge in [-0.25, -0.2) is 0 Å². The van der Waals surface area contributed by atoms with Gasteiger partial charge in [-0.15, -0.1) is 0 Å². The molecule has 0 atom stereocenters. The van der Waals surface area contributed by atoms with E-state index in [4.69, 9.17) is 0 Å². The van der Waals surface area contributed by atoms with E-state index in [2.05, 4.69) is 14.2 Å². The lowest BCUT2D eigenvalue weighted by Gasteiger charge is -2.18. The van der Waals surface area contributed by atoms with Gasteiger partial charge < -0.3 is 14.2 Å². The van der Waals surface area contributed by atoms with Gasteiger partial charge in [0.25, 0.3) is 0 Å². The lowest BCUT2D eigenvalue weighted by atomic mass is 10.2. The van der Waals surface area contributed by atoms with E-state index in [1.165, 1.54) is 7.11 Å². The number of hydrogen-bond acceptors (Lipinski definition) is 5. The van der Waals surface area contributed by atoms with E-state index in [1.54, 1.807) is 0 Å². The summed E-state index contributed by atoms with van der Waals surface area (Å²) in [6.45, 7) is -1.18. The molecule has 0 spiro atoms. The molecule has 1 fully saturated rings. The van der Waals surface area contributed by atoms with Crippen molar-refractivity contribution >= 4 is 11.9 Å². The highest BCUT2D eigenvalue weighted by atomic mass is 16.9. The normalized spacial score (nSPS) is 20.8. The van der Waals surface area contributed by atoms with Gasteiger partial charge in [0.15, 0.2) is 0 Å². The summed E-state index contributed by atoms with van der Waals surface area (Å²) in [5.41, 5.74) is 0. The first kappa shape index (κ1) is 8.99. The molecule has 0 saturated carbocycles. The van der Waals surface area contributed by atoms with Crippen LogP contribution in [0.4, 0.5) is 0 Å². The van der Waals surface area contributed by atoms with Gasteiger partial charge in [0.05, 0.1) is 0 Å². The molecule has 1 aliphatic rings. The van der Waals surface area contributed by atoms with Crippen molar-refractivity contribution in [1.82, 2.24) is 0 Å². The summed E-state index contributed by atoms with van der Waals surface area (Å²) < 4.78 is 13.8. The van der Waals surface area contributed by atoms with Crippen LogP contribution in [0.15, 0.2) is 0 Å². The van der Waals surface area contributed by atoms with Crippen molar-refractivity contribution in [2.75, 3.05) is 7.11 Å². The highest BCUT2D eigenvalue weighted by Gasteiger charge is 2.21. The third kappa shape index (κ3) is 2.50. The first-order valence-electron chi connectivity index (χ1n) is 3.64. The van der Waals surface area contributed by atoms with E-state index in [0.29, 0.717) is 6.42 Å². The predicted molar refractivity (Wildman–Crippen MR) is 36.8 cm³/mol. The third-order valence-electron chi connectivity index (χ3n) is 1.41. The Hall–Kier alpha value is -1.10. The highest BCUT2D eigenvalue weighted by Crippen LogP contribution is 2.09. The summed E-state index contributed by atoms with van der Waals surface area (Å²) in [6.07, 6.45) is 0.929. The zero-order chi connectivity index (χ0) is 8.97. The second kappa shape index (κ2) is 4.06. The first-order chi connectivity index (χ1) is 5.72. The van der Waals surface area contributed by atoms with Crippen molar-refractivity contribution < 1.29 is 23.8 Å². The Kier molecular flexibility index (Phi) is 3.04. The lowest BCUT2D eigenvalue weighted by molar-refractivity contribution is -0.259. The Morgan fingerprint density at radius 1 is 1.25 bits per heavy atom. The topological polar surface area (TPSA) is 61.8 Å². The Balaban J connectivity index is 2.50. The van der Waals surface area contributed by atoms with Crippen molar-refractivity contribution in [1.29, 1.82) is 0 Å². The van der Waals surface area contributed by atoms with Gasteiger partial charge in [-0.3, -0.25) is 9.59 Å². The van der Waals surface area contributed by atoms with Crippen molar-refractivity contribution in [2.45, 2.75) is 25.7 Å². The van der Waals surface area contributed by atoms with Crippen LogP contribution in [0.1, 0.15) is 19.3 Å². The number of carbonyl (C=O) groups excluding carboxylic acids is 2. The largest absolute Gasteiger partial charge is 0.400 e. The van der Waals surface area contributed by atoms with Crippen LogP contribution >= 0.6 is 0 Å². The minimum atomic E-state index is -1.18.